The highest BCUT2D eigenvalue weighted by molar-refractivity contribution is 7.07. The minimum absolute atomic E-state index is 0.0592. The van der Waals surface area contributed by atoms with Crippen LogP contribution in [-0.2, 0) is 16.1 Å². The highest BCUT2D eigenvalue weighted by Crippen LogP contribution is 2.21. The molecule has 2 amide bonds. The number of likely N-dealkylation sites (tertiary alicyclic amines) is 1. The molecular weight excluding hydrogens is 476 g/mol. The summed E-state index contributed by atoms with van der Waals surface area (Å²) in [5, 5.41) is 18.2. The number of nitrogens with zero attached hydrogens (tertiary/aromatic N) is 3. The number of benzene rings is 1. The summed E-state index contributed by atoms with van der Waals surface area (Å²) >= 11 is 1.09. The predicted octanol–water partition coefficient (Wildman–Crippen LogP) is 1.51. The Hall–Kier alpha value is -3.42. The molecule has 3 N–H and O–H groups in total. The number of thiazole rings is 1. The topological polar surface area (TPSA) is 119 Å². The molecule has 0 bridgehead atoms. The lowest BCUT2D eigenvalue weighted by Crippen LogP contribution is -2.42. The van der Waals surface area contributed by atoms with Crippen LogP contribution in [0.2, 0.25) is 0 Å². The SMILES string of the molecule is CCNC(=O)/C(C#N)=c1\s/c(=C/Nc2cccc(NC(=O)CN3CC(C)CC(C)C3)c2)c(=O)n1CC. The highest BCUT2D eigenvalue weighted by Gasteiger charge is 2.23. The van der Waals surface area contributed by atoms with Crippen LogP contribution in [0, 0.1) is 23.2 Å². The number of piperidine rings is 1. The summed E-state index contributed by atoms with van der Waals surface area (Å²) in [6, 6.07) is 9.19. The van der Waals surface area contributed by atoms with Crippen molar-refractivity contribution in [3.05, 3.63) is 43.8 Å². The van der Waals surface area contributed by atoms with Gasteiger partial charge in [-0.2, -0.15) is 5.26 Å². The first kappa shape index (κ1) is 27.2. The third-order valence-corrected chi connectivity index (χ3v) is 7.07. The summed E-state index contributed by atoms with van der Waals surface area (Å²) in [4.78, 5) is 40.0. The molecule has 192 valence electrons. The van der Waals surface area contributed by atoms with Gasteiger partial charge in [0, 0.05) is 43.8 Å². The number of nitriles is 1. The Morgan fingerprint density at radius 2 is 1.89 bits per heavy atom. The van der Waals surface area contributed by atoms with Crippen LogP contribution in [0.4, 0.5) is 11.4 Å². The average molecular weight is 511 g/mol. The highest BCUT2D eigenvalue weighted by atomic mass is 32.1. The van der Waals surface area contributed by atoms with Crippen molar-refractivity contribution < 1.29 is 9.59 Å². The third kappa shape index (κ3) is 6.83. The number of hydrogen-bond donors (Lipinski definition) is 3. The van der Waals surface area contributed by atoms with E-state index in [1.807, 2.05) is 24.3 Å². The van der Waals surface area contributed by atoms with E-state index < -0.39 is 5.91 Å². The van der Waals surface area contributed by atoms with Crippen molar-refractivity contribution in [3.8, 4) is 6.07 Å². The van der Waals surface area contributed by atoms with Crippen molar-refractivity contribution in [3.63, 3.8) is 0 Å². The Morgan fingerprint density at radius 3 is 2.53 bits per heavy atom. The van der Waals surface area contributed by atoms with Gasteiger partial charge in [0.1, 0.15) is 15.3 Å². The van der Waals surface area contributed by atoms with Gasteiger partial charge in [-0.05, 0) is 50.3 Å². The molecular formula is C26H34N6O3S. The van der Waals surface area contributed by atoms with Gasteiger partial charge in [0.05, 0.1) is 6.54 Å². The van der Waals surface area contributed by atoms with E-state index in [0.29, 0.717) is 52.0 Å². The maximum absolute atomic E-state index is 12.9. The largest absolute Gasteiger partial charge is 0.360 e. The van der Waals surface area contributed by atoms with Gasteiger partial charge in [-0.3, -0.25) is 23.9 Å². The molecule has 1 aromatic heterocycles. The lowest BCUT2D eigenvalue weighted by atomic mass is 9.92. The zero-order valence-corrected chi connectivity index (χ0v) is 22.1. The van der Waals surface area contributed by atoms with Crippen LogP contribution < -0.4 is 30.7 Å². The molecule has 0 spiro atoms. The van der Waals surface area contributed by atoms with E-state index in [-0.39, 0.29) is 17.0 Å². The van der Waals surface area contributed by atoms with E-state index >= 15 is 0 Å². The number of nitrogens with one attached hydrogen (secondary N) is 3. The molecule has 1 aliphatic heterocycles. The molecule has 9 nitrogen and oxygen atoms in total. The summed E-state index contributed by atoms with van der Waals surface area (Å²) in [5.74, 6) is 0.612. The summed E-state index contributed by atoms with van der Waals surface area (Å²) in [7, 11) is 0. The van der Waals surface area contributed by atoms with E-state index in [0.717, 1.165) is 24.4 Å². The minimum atomic E-state index is -0.500. The fourth-order valence-electron chi connectivity index (χ4n) is 4.60. The van der Waals surface area contributed by atoms with Crippen LogP contribution in [0.15, 0.2) is 29.1 Å². The molecule has 0 radical (unpaired) electrons. The lowest BCUT2D eigenvalue weighted by Gasteiger charge is -2.34. The number of amides is 2. The number of carbonyl (C=O) groups excluding carboxylic acids is 2. The van der Waals surface area contributed by atoms with Crippen molar-refractivity contribution in [1.29, 1.82) is 5.26 Å². The number of anilines is 2. The summed E-state index contributed by atoms with van der Waals surface area (Å²) < 4.78 is 2.11. The first-order valence-electron chi connectivity index (χ1n) is 12.3. The Morgan fingerprint density at radius 1 is 1.19 bits per heavy atom. The second-order valence-corrected chi connectivity index (χ2v) is 10.3. The van der Waals surface area contributed by atoms with Gasteiger partial charge in [-0.1, -0.05) is 19.9 Å². The zero-order valence-electron chi connectivity index (χ0n) is 21.3. The number of rotatable bonds is 8. The van der Waals surface area contributed by atoms with Gasteiger partial charge >= 0.3 is 0 Å². The standard InChI is InChI=1S/C26H34N6O3S/c1-5-28-24(34)21(12-27)26-32(6-2)25(35)22(36-26)13-29-19-8-7-9-20(11-19)30-23(33)16-31-14-17(3)10-18(4)15-31/h7-9,11,13,17-18,29H,5-6,10,14-16H2,1-4H3,(H,28,34)(H,30,33)/b22-13+,26-21-. The smallest absolute Gasteiger partial charge is 0.270 e. The van der Waals surface area contributed by atoms with E-state index in [1.54, 1.807) is 26.1 Å². The van der Waals surface area contributed by atoms with Gasteiger partial charge in [0.15, 0.2) is 5.57 Å². The van der Waals surface area contributed by atoms with Gasteiger partial charge in [-0.25, -0.2) is 0 Å². The van der Waals surface area contributed by atoms with Gasteiger partial charge in [0.2, 0.25) is 5.91 Å². The molecule has 0 saturated carbocycles. The number of carbonyl (C=O) groups is 2. The summed E-state index contributed by atoms with van der Waals surface area (Å²) in [5.41, 5.74) is 0.989. The van der Waals surface area contributed by atoms with E-state index in [1.165, 1.54) is 11.0 Å². The third-order valence-electron chi connectivity index (χ3n) is 5.94. The quantitative estimate of drug-likeness (QED) is 0.495. The van der Waals surface area contributed by atoms with Crippen LogP contribution in [0.25, 0.3) is 11.8 Å². The Bertz CT molecular complexity index is 1310. The second kappa shape index (κ2) is 12.5. The Kier molecular flexibility index (Phi) is 9.44. The molecule has 10 heteroatoms. The van der Waals surface area contributed by atoms with Gasteiger partial charge in [0.25, 0.3) is 11.5 Å². The van der Waals surface area contributed by atoms with Crippen molar-refractivity contribution in [2.45, 2.75) is 40.7 Å². The molecule has 2 unspecified atom stereocenters. The van der Waals surface area contributed by atoms with Gasteiger partial charge < -0.3 is 16.0 Å². The second-order valence-electron chi connectivity index (χ2n) is 9.22. The van der Waals surface area contributed by atoms with E-state index in [4.69, 9.17) is 0 Å². The molecule has 2 aromatic rings. The molecule has 1 aromatic carbocycles. The Labute approximate surface area is 215 Å². The molecule has 1 fully saturated rings. The fraction of sp³-hybridized carbons (Fsp3) is 0.462. The number of hydrogen-bond acceptors (Lipinski definition) is 7. The molecule has 1 saturated heterocycles. The maximum Gasteiger partial charge on any atom is 0.270 e. The van der Waals surface area contributed by atoms with Crippen molar-refractivity contribution in [2.24, 2.45) is 11.8 Å². The van der Waals surface area contributed by atoms with Crippen molar-refractivity contribution in [1.82, 2.24) is 14.8 Å². The maximum atomic E-state index is 12.9. The molecule has 1 aliphatic rings. The first-order valence-corrected chi connectivity index (χ1v) is 13.1. The lowest BCUT2D eigenvalue weighted by molar-refractivity contribution is -0.118. The number of aromatic nitrogens is 1. The zero-order chi connectivity index (χ0) is 26.2. The molecule has 2 heterocycles. The average Bonchev–Trinajstić information content (AvgIpc) is 3.12. The Balaban J connectivity index is 1.77. The monoisotopic (exact) mass is 510 g/mol. The van der Waals surface area contributed by atoms with Crippen LogP contribution in [0.5, 0.6) is 0 Å². The van der Waals surface area contributed by atoms with Crippen molar-refractivity contribution in [2.75, 3.05) is 36.8 Å². The van der Waals surface area contributed by atoms with Gasteiger partial charge in [-0.15, -0.1) is 11.3 Å². The van der Waals surface area contributed by atoms with E-state index in [2.05, 4.69) is 34.7 Å². The molecule has 3 rings (SSSR count). The molecule has 2 atom stereocenters. The minimum Gasteiger partial charge on any atom is -0.360 e. The van der Waals surface area contributed by atoms with E-state index in [9.17, 15) is 19.6 Å². The van der Waals surface area contributed by atoms with Crippen LogP contribution in [0.3, 0.4) is 0 Å². The van der Waals surface area contributed by atoms with Crippen LogP contribution in [0.1, 0.15) is 34.1 Å². The predicted molar refractivity (Wildman–Crippen MR) is 144 cm³/mol. The van der Waals surface area contributed by atoms with Crippen LogP contribution in [-0.4, -0.2) is 47.5 Å². The first-order chi connectivity index (χ1) is 17.2. The molecule has 36 heavy (non-hydrogen) atoms. The van der Waals surface area contributed by atoms with Crippen LogP contribution >= 0.6 is 11.3 Å². The van der Waals surface area contributed by atoms with Crippen molar-refractivity contribution >= 4 is 46.3 Å². The fourth-order valence-corrected chi connectivity index (χ4v) is 5.68. The summed E-state index contributed by atoms with van der Waals surface area (Å²) in [6.45, 7) is 10.9. The normalized spacial score (nSPS) is 19.4. The summed E-state index contributed by atoms with van der Waals surface area (Å²) in [6.07, 6.45) is 2.76. The molecule has 0 aliphatic carbocycles.